The van der Waals surface area contributed by atoms with Gasteiger partial charge in [0.05, 0.1) is 4.90 Å². The van der Waals surface area contributed by atoms with Crippen LogP contribution in [0.25, 0.3) is 0 Å². The van der Waals surface area contributed by atoms with E-state index in [0.717, 1.165) is 17.7 Å². The first-order chi connectivity index (χ1) is 9.04. The highest BCUT2D eigenvalue weighted by atomic mass is 32.2. The lowest BCUT2D eigenvalue weighted by Gasteiger charge is -2.07. The monoisotopic (exact) mass is 278 g/mol. The summed E-state index contributed by atoms with van der Waals surface area (Å²) in [6.45, 7) is 1.51. The standard InChI is InChI=1S/C12H14N4O2S/c1-16-5-4-12(14-16)15-19(17,18)11-3-2-9-7-13-8-10(9)6-11/h2-6,13H,7-8H2,1H3,(H,14,15). The molecule has 7 heteroatoms. The molecule has 1 aliphatic rings. The van der Waals surface area contributed by atoms with E-state index in [2.05, 4.69) is 15.1 Å². The normalized spacial score (nSPS) is 14.4. The van der Waals surface area contributed by atoms with Crippen molar-refractivity contribution >= 4 is 15.8 Å². The van der Waals surface area contributed by atoms with Crippen molar-refractivity contribution in [3.05, 3.63) is 41.6 Å². The summed E-state index contributed by atoms with van der Waals surface area (Å²) in [6.07, 6.45) is 1.68. The quantitative estimate of drug-likeness (QED) is 0.871. The van der Waals surface area contributed by atoms with E-state index in [1.54, 1.807) is 36.1 Å². The lowest BCUT2D eigenvalue weighted by molar-refractivity contribution is 0.600. The van der Waals surface area contributed by atoms with Gasteiger partial charge in [0.2, 0.25) is 0 Å². The number of hydrogen-bond donors (Lipinski definition) is 2. The van der Waals surface area contributed by atoms with Gasteiger partial charge in [-0.1, -0.05) is 6.07 Å². The van der Waals surface area contributed by atoms with Gasteiger partial charge in [0.1, 0.15) is 0 Å². The predicted octanol–water partition coefficient (Wildman–Crippen LogP) is 0.824. The molecule has 0 saturated carbocycles. The van der Waals surface area contributed by atoms with Gasteiger partial charge in [0.25, 0.3) is 10.0 Å². The van der Waals surface area contributed by atoms with Crippen LogP contribution in [0, 0.1) is 0 Å². The fourth-order valence-corrected chi connectivity index (χ4v) is 3.15. The summed E-state index contributed by atoms with van der Waals surface area (Å²) in [5.41, 5.74) is 2.18. The van der Waals surface area contributed by atoms with Gasteiger partial charge in [-0.25, -0.2) is 8.42 Å². The molecule has 1 aromatic carbocycles. The average Bonchev–Trinajstić information content (AvgIpc) is 2.96. The number of fused-ring (bicyclic) bond motifs is 1. The molecule has 2 heterocycles. The molecule has 0 amide bonds. The maximum atomic E-state index is 12.2. The first-order valence-corrected chi connectivity index (χ1v) is 7.38. The van der Waals surface area contributed by atoms with Crippen LogP contribution in [0.2, 0.25) is 0 Å². The van der Waals surface area contributed by atoms with E-state index in [1.807, 2.05) is 6.07 Å². The van der Waals surface area contributed by atoms with Gasteiger partial charge >= 0.3 is 0 Å². The van der Waals surface area contributed by atoms with Crippen molar-refractivity contribution in [1.82, 2.24) is 15.1 Å². The first-order valence-electron chi connectivity index (χ1n) is 5.89. The fourth-order valence-electron chi connectivity index (χ4n) is 2.10. The van der Waals surface area contributed by atoms with Gasteiger partial charge in [-0.3, -0.25) is 9.40 Å². The Hall–Kier alpha value is -1.86. The number of aromatic nitrogens is 2. The molecule has 0 aliphatic carbocycles. The van der Waals surface area contributed by atoms with Crippen LogP contribution in [0.15, 0.2) is 35.4 Å². The molecule has 2 N–H and O–H groups in total. The molecule has 0 spiro atoms. The molecule has 2 aromatic rings. The Morgan fingerprint density at radius 3 is 2.79 bits per heavy atom. The van der Waals surface area contributed by atoms with Gasteiger partial charge < -0.3 is 5.32 Å². The number of nitrogens with zero attached hydrogens (tertiary/aromatic N) is 2. The number of hydrogen-bond acceptors (Lipinski definition) is 4. The van der Waals surface area contributed by atoms with Crippen LogP contribution in [-0.4, -0.2) is 18.2 Å². The molecular weight excluding hydrogens is 264 g/mol. The highest BCUT2D eigenvalue weighted by Gasteiger charge is 2.18. The minimum Gasteiger partial charge on any atom is -0.309 e. The summed E-state index contributed by atoms with van der Waals surface area (Å²) < 4.78 is 28.5. The van der Waals surface area contributed by atoms with Gasteiger partial charge in [-0.05, 0) is 23.3 Å². The number of nitrogens with one attached hydrogen (secondary N) is 2. The molecule has 1 aliphatic heterocycles. The number of rotatable bonds is 3. The van der Waals surface area contributed by atoms with E-state index in [-0.39, 0.29) is 4.90 Å². The minimum atomic E-state index is -3.58. The molecule has 0 unspecified atom stereocenters. The number of anilines is 1. The van der Waals surface area contributed by atoms with Crippen molar-refractivity contribution in [2.45, 2.75) is 18.0 Å². The number of benzene rings is 1. The van der Waals surface area contributed by atoms with Crippen LogP contribution in [-0.2, 0) is 30.2 Å². The fraction of sp³-hybridized carbons (Fsp3) is 0.250. The maximum absolute atomic E-state index is 12.2. The van der Waals surface area contributed by atoms with Crippen molar-refractivity contribution in [3.63, 3.8) is 0 Å². The summed E-state index contributed by atoms with van der Waals surface area (Å²) in [6, 6.07) is 6.80. The third-order valence-electron chi connectivity index (χ3n) is 3.07. The second-order valence-corrected chi connectivity index (χ2v) is 6.20. The lowest BCUT2D eigenvalue weighted by atomic mass is 10.1. The van der Waals surface area contributed by atoms with Crippen LogP contribution < -0.4 is 10.0 Å². The minimum absolute atomic E-state index is 0.264. The molecule has 0 saturated heterocycles. The maximum Gasteiger partial charge on any atom is 0.263 e. The smallest absolute Gasteiger partial charge is 0.263 e. The second kappa shape index (κ2) is 4.36. The van der Waals surface area contributed by atoms with Crippen LogP contribution in [0.3, 0.4) is 0 Å². The van der Waals surface area contributed by atoms with Gasteiger partial charge in [0, 0.05) is 32.4 Å². The summed E-state index contributed by atoms with van der Waals surface area (Å²) in [4.78, 5) is 0.264. The Morgan fingerprint density at radius 1 is 1.26 bits per heavy atom. The van der Waals surface area contributed by atoms with Crippen LogP contribution in [0.1, 0.15) is 11.1 Å². The van der Waals surface area contributed by atoms with E-state index in [4.69, 9.17) is 0 Å². The zero-order chi connectivity index (χ0) is 13.5. The molecule has 0 bridgehead atoms. The highest BCUT2D eigenvalue weighted by molar-refractivity contribution is 7.92. The van der Waals surface area contributed by atoms with Crippen molar-refractivity contribution < 1.29 is 8.42 Å². The van der Waals surface area contributed by atoms with Gasteiger partial charge in [0.15, 0.2) is 5.82 Å². The molecule has 100 valence electrons. The predicted molar refractivity (Wildman–Crippen MR) is 71.0 cm³/mol. The van der Waals surface area contributed by atoms with E-state index < -0.39 is 10.0 Å². The Morgan fingerprint density at radius 2 is 2.05 bits per heavy atom. The lowest BCUT2D eigenvalue weighted by Crippen LogP contribution is -2.14. The summed E-state index contributed by atoms with van der Waals surface area (Å²) >= 11 is 0. The topological polar surface area (TPSA) is 76.0 Å². The molecule has 6 nitrogen and oxygen atoms in total. The summed E-state index contributed by atoms with van der Waals surface area (Å²) in [5, 5.41) is 7.20. The van der Waals surface area contributed by atoms with E-state index in [9.17, 15) is 8.42 Å². The number of aryl methyl sites for hydroxylation is 1. The van der Waals surface area contributed by atoms with Crippen molar-refractivity contribution in [1.29, 1.82) is 0 Å². The third kappa shape index (κ3) is 2.34. The summed E-state index contributed by atoms with van der Waals surface area (Å²) in [5.74, 6) is 0.320. The zero-order valence-electron chi connectivity index (χ0n) is 10.4. The van der Waals surface area contributed by atoms with Gasteiger partial charge in [-0.2, -0.15) is 5.10 Å². The molecule has 3 rings (SSSR count). The number of sulfonamides is 1. The van der Waals surface area contributed by atoms with E-state index in [0.29, 0.717) is 12.4 Å². The van der Waals surface area contributed by atoms with Crippen LogP contribution >= 0.6 is 0 Å². The molecule has 0 radical (unpaired) electrons. The first kappa shape index (κ1) is 12.2. The summed E-state index contributed by atoms with van der Waals surface area (Å²) in [7, 11) is -1.84. The van der Waals surface area contributed by atoms with Crippen molar-refractivity contribution in [2.24, 2.45) is 7.05 Å². The second-order valence-electron chi connectivity index (χ2n) is 4.51. The average molecular weight is 278 g/mol. The Labute approximate surface area is 111 Å². The Kier molecular flexibility index (Phi) is 2.79. The Balaban J connectivity index is 1.92. The highest BCUT2D eigenvalue weighted by Crippen LogP contribution is 2.21. The van der Waals surface area contributed by atoms with Crippen molar-refractivity contribution in [2.75, 3.05) is 4.72 Å². The third-order valence-corrected chi connectivity index (χ3v) is 4.42. The van der Waals surface area contributed by atoms with E-state index in [1.165, 1.54) is 0 Å². The zero-order valence-corrected chi connectivity index (χ0v) is 11.2. The van der Waals surface area contributed by atoms with Crippen LogP contribution in [0.5, 0.6) is 0 Å². The van der Waals surface area contributed by atoms with E-state index >= 15 is 0 Å². The SMILES string of the molecule is Cn1ccc(NS(=O)(=O)c2ccc3c(c2)CNC3)n1. The molecule has 0 atom stereocenters. The van der Waals surface area contributed by atoms with Gasteiger partial charge in [-0.15, -0.1) is 0 Å². The molecule has 1 aromatic heterocycles. The van der Waals surface area contributed by atoms with Crippen LogP contribution in [0.4, 0.5) is 5.82 Å². The van der Waals surface area contributed by atoms with Crippen molar-refractivity contribution in [3.8, 4) is 0 Å². The Bertz CT molecular complexity index is 721. The molecule has 19 heavy (non-hydrogen) atoms. The largest absolute Gasteiger partial charge is 0.309 e. The molecular formula is C12H14N4O2S. The molecule has 0 fully saturated rings.